The standard InChI is InChI=1S/C23H22N4OS/c1-17-25-26-23(27(17)15-14-18-8-3-2-4-9-18)29-16-22(28)24-21-13-7-11-19-10-5-6-12-20(19)21/h2-13H,14-16H2,1H3,(H,24,28). The van der Waals surface area contributed by atoms with Crippen LogP contribution < -0.4 is 5.32 Å². The Morgan fingerprint density at radius 2 is 1.72 bits per heavy atom. The average Bonchev–Trinajstić information content (AvgIpc) is 3.11. The lowest BCUT2D eigenvalue weighted by Crippen LogP contribution is -2.15. The molecule has 0 radical (unpaired) electrons. The third-order valence-electron chi connectivity index (χ3n) is 4.76. The number of hydrogen-bond donors (Lipinski definition) is 1. The van der Waals surface area contributed by atoms with Gasteiger partial charge in [0, 0.05) is 17.6 Å². The van der Waals surface area contributed by atoms with Crippen LogP contribution >= 0.6 is 11.8 Å². The van der Waals surface area contributed by atoms with Gasteiger partial charge in [-0.15, -0.1) is 10.2 Å². The zero-order chi connectivity index (χ0) is 20.1. The minimum absolute atomic E-state index is 0.0541. The van der Waals surface area contributed by atoms with E-state index in [1.165, 1.54) is 17.3 Å². The molecule has 4 rings (SSSR count). The van der Waals surface area contributed by atoms with Crippen molar-refractivity contribution >= 4 is 34.1 Å². The Labute approximate surface area is 174 Å². The molecule has 1 amide bonds. The van der Waals surface area contributed by atoms with Crippen LogP contribution in [0.2, 0.25) is 0 Å². The lowest BCUT2D eigenvalue weighted by atomic mass is 10.1. The second-order valence-electron chi connectivity index (χ2n) is 6.78. The van der Waals surface area contributed by atoms with Gasteiger partial charge < -0.3 is 9.88 Å². The first-order valence-corrected chi connectivity index (χ1v) is 10.5. The quantitative estimate of drug-likeness (QED) is 0.455. The van der Waals surface area contributed by atoms with Gasteiger partial charge in [0.15, 0.2) is 5.16 Å². The lowest BCUT2D eigenvalue weighted by Gasteiger charge is -2.10. The molecule has 1 aromatic heterocycles. The summed E-state index contributed by atoms with van der Waals surface area (Å²) >= 11 is 1.41. The van der Waals surface area contributed by atoms with Crippen molar-refractivity contribution in [2.75, 3.05) is 11.1 Å². The number of carbonyl (C=O) groups is 1. The number of rotatable bonds is 7. The average molecular weight is 403 g/mol. The van der Waals surface area contributed by atoms with Crippen molar-refractivity contribution in [1.29, 1.82) is 0 Å². The zero-order valence-electron chi connectivity index (χ0n) is 16.2. The molecule has 6 heteroatoms. The number of anilines is 1. The molecule has 0 aliphatic rings. The van der Waals surface area contributed by atoms with Crippen LogP contribution in [0.15, 0.2) is 78.0 Å². The van der Waals surface area contributed by atoms with Crippen LogP contribution in [0.25, 0.3) is 10.8 Å². The van der Waals surface area contributed by atoms with Gasteiger partial charge >= 0.3 is 0 Å². The molecule has 0 unspecified atom stereocenters. The molecule has 3 aromatic carbocycles. The molecule has 0 saturated heterocycles. The van der Waals surface area contributed by atoms with Gasteiger partial charge in [0.2, 0.25) is 5.91 Å². The summed E-state index contributed by atoms with van der Waals surface area (Å²) in [5.74, 6) is 1.09. The Morgan fingerprint density at radius 1 is 0.966 bits per heavy atom. The van der Waals surface area contributed by atoms with E-state index < -0.39 is 0 Å². The Hall–Kier alpha value is -3.12. The fraction of sp³-hybridized carbons (Fsp3) is 0.174. The van der Waals surface area contributed by atoms with Crippen molar-refractivity contribution in [3.63, 3.8) is 0 Å². The summed E-state index contributed by atoms with van der Waals surface area (Å²) in [5, 5.41) is 14.4. The highest BCUT2D eigenvalue weighted by atomic mass is 32.2. The van der Waals surface area contributed by atoms with E-state index in [4.69, 9.17) is 0 Å². The van der Waals surface area contributed by atoms with Crippen molar-refractivity contribution in [2.24, 2.45) is 0 Å². The van der Waals surface area contributed by atoms with Gasteiger partial charge in [0.05, 0.1) is 5.75 Å². The molecule has 29 heavy (non-hydrogen) atoms. The highest BCUT2D eigenvalue weighted by Crippen LogP contribution is 2.24. The fourth-order valence-corrected chi connectivity index (χ4v) is 4.07. The van der Waals surface area contributed by atoms with Crippen LogP contribution in [-0.2, 0) is 17.8 Å². The number of carbonyl (C=O) groups excluding carboxylic acids is 1. The number of fused-ring (bicyclic) bond motifs is 1. The summed E-state index contributed by atoms with van der Waals surface area (Å²) in [6, 6.07) is 24.3. The Morgan fingerprint density at radius 3 is 2.59 bits per heavy atom. The number of thioether (sulfide) groups is 1. The van der Waals surface area contributed by atoms with Crippen LogP contribution in [0.3, 0.4) is 0 Å². The van der Waals surface area contributed by atoms with Gasteiger partial charge in [-0.05, 0) is 30.4 Å². The third kappa shape index (κ3) is 4.66. The SMILES string of the molecule is Cc1nnc(SCC(=O)Nc2cccc3ccccc23)n1CCc1ccccc1. The summed E-state index contributed by atoms with van der Waals surface area (Å²) in [6.07, 6.45) is 0.898. The Balaban J connectivity index is 1.39. The number of nitrogens with zero attached hydrogens (tertiary/aromatic N) is 3. The lowest BCUT2D eigenvalue weighted by molar-refractivity contribution is -0.113. The third-order valence-corrected chi connectivity index (χ3v) is 5.73. The maximum atomic E-state index is 12.5. The van der Waals surface area contributed by atoms with Crippen molar-refractivity contribution in [2.45, 2.75) is 25.0 Å². The minimum atomic E-state index is -0.0541. The maximum absolute atomic E-state index is 12.5. The maximum Gasteiger partial charge on any atom is 0.234 e. The van der Waals surface area contributed by atoms with Gasteiger partial charge in [-0.2, -0.15) is 0 Å². The second-order valence-corrected chi connectivity index (χ2v) is 7.72. The number of aromatic nitrogens is 3. The van der Waals surface area contributed by atoms with Crippen LogP contribution in [0, 0.1) is 6.92 Å². The first kappa shape index (κ1) is 19.2. The summed E-state index contributed by atoms with van der Waals surface area (Å²) in [4.78, 5) is 12.5. The van der Waals surface area contributed by atoms with E-state index in [9.17, 15) is 4.79 Å². The molecule has 0 fully saturated rings. The summed E-state index contributed by atoms with van der Waals surface area (Å²) in [5.41, 5.74) is 2.10. The molecule has 1 N–H and O–H groups in total. The van der Waals surface area contributed by atoms with Crippen LogP contribution in [-0.4, -0.2) is 26.4 Å². The van der Waals surface area contributed by atoms with Gasteiger partial charge in [0.1, 0.15) is 5.82 Å². The Bertz CT molecular complexity index is 1120. The van der Waals surface area contributed by atoms with Crippen molar-refractivity contribution in [1.82, 2.24) is 14.8 Å². The second kappa shape index (κ2) is 8.92. The molecule has 0 aliphatic carbocycles. The van der Waals surface area contributed by atoms with E-state index in [1.54, 1.807) is 0 Å². The first-order chi connectivity index (χ1) is 14.2. The molecule has 0 bridgehead atoms. The molecular weight excluding hydrogens is 380 g/mol. The Kier molecular flexibility index (Phi) is 5.91. The van der Waals surface area contributed by atoms with E-state index in [0.717, 1.165) is 40.4 Å². The van der Waals surface area contributed by atoms with Gasteiger partial charge in [-0.25, -0.2) is 0 Å². The molecule has 5 nitrogen and oxygen atoms in total. The first-order valence-electron chi connectivity index (χ1n) is 9.55. The van der Waals surface area contributed by atoms with E-state index in [-0.39, 0.29) is 11.7 Å². The largest absolute Gasteiger partial charge is 0.325 e. The predicted molar refractivity (Wildman–Crippen MR) is 118 cm³/mol. The molecule has 146 valence electrons. The van der Waals surface area contributed by atoms with Crippen molar-refractivity contribution < 1.29 is 4.79 Å². The smallest absolute Gasteiger partial charge is 0.234 e. The van der Waals surface area contributed by atoms with Crippen LogP contribution in [0.1, 0.15) is 11.4 Å². The predicted octanol–water partition coefficient (Wildman–Crippen LogP) is 4.71. The van der Waals surface area contributed by atoms with Crippen LogP contribution in [0.4, 0.5) is 5.69 Å². The van der Waals surface area contributed by atoms with E-state index in [1.807, 2.05) is 67.6 Å². The topological polar surface area (TPSA) is 59.8 Å². The highest BCUT2D eigenvalue weighted by molar-refractivity contribution is 7.99. The van der Waals surface area contributed by atoms with Gasteiger partial charge in [-0.1, -0.05) is 78.5 Å². The fourth-order valence-electron chi connectivity index (χ4n) is 3.26. The monoisotopic (exact) mass is 402 g/mol. The number of amides is 1. The molecule has 0 saturated carbocycles. The summed E-state index contributed by atoms with van der Waals surface area (Å²) in [7, 11) is 0. The summed E-state index contributed by atoms with van der Waals surface area (Å²) in [6.45, 7) is 2.73. The van der Waals surface area contributed by atoms with E-state index >= 15 is 0 Å². The number of aryl methyl sites for hydroxylation is 2. The van der Waals surface area contributed by atoms with Crippen molar-refractivity contribution in [3.05, 3.63) is 84.2 Å². The molecular formula is C23H22N4OS. The van der Waals surface area contributed by atoms with Gasteiger partial charge in [-0.3, -0.25) is 4.79 Å². The van der Waals surface area contributed by atoms with E-state index in [2.05, 4.69) is 32.2 Å². The highest BCUT2D eigenvalue weighted by Gasteiger charge is 2.13. The van der Waals surface area contributed by atoms with Crippen molar-refractivity contribution in [3.8, 4) is 0 Å². The number of hydrogen-bond acceptors (Lipinski definition) is 4. The number of nitrogens with one attached hydrogen (secondary N) is 1. The molecule has 0 spiro atoms. The van der Waals surface area contributed by atoms with E-state index in [0.29, 0.717) is 0 Å². The minimum Gasteiger partial charge on any atom is -0.325 e. The summed E-state index contributed by atoms with van der Waals surface area (Å²) < 4.78 is 2.07. The zero-order valence-corrected chi connectivity index (χ0v) is 17.0. The van der Waals surface area contributed by atoms with Crippen LogP contribution in [0.5, 0.6) is 0 Å². The molecule has 0 atom stereocenters. The number of benzene rings is 3. The molecule has 4 aromatic rings. The normalized spacial score (nSPS) is 10.9. The molecule has 1 heterocycles. The molecule has 0 aliphatic heterocycles. The van der Waals surface area contributed by atoms with Gasteiger partial charge in [0.25, 0.3) is 0 Å².